The van der Waals surface area contributed by atoms with Crippen molar-refractivity contribution < 1.29 is 9.53 Å². The van der Waals surface area contributed by atoms with Crippen LogP contribution in [-0.2, 0) is 6.42 Å². The van der Waals surface area contributed by atoms with Crippen LogP contribution in [0.25, 0.3) is 12.2 Å². The summed E-state index contributed by atoms with van der Waals surface area (Å²) in [6.45, 7) is 2.59. The van der Waals surface area contributed by atoms with E-state index in [4.69, 9.17) is 4.74 Å². The van der Waals surface area contributed by atoms with Gasteiger partial charge in [0.25, 0.3) is 5.56 Å². The number of aromatic amines is 1. The fourth-order valence-electron chi connectivity index (χ4n) is 3.09. The van der Waals surface area contributed by atoms with Crippen LogP contribution in [-0.4, -0.2) is 22.4 Å². The van der Waals surface area contributed by atoms with E-state index in [1.165, 1.54) is 17.4 Å². The van der Waals surface area contributed by atoms with Crippen molar-refractivity contribution in [2.75, 3.05) is 6.61 Å². The maximum Gasteiger partial charge on any atom is 0.266 e. The number of nitrogens with zero attached hydrogens (tertiary/aromatic N) is 1. The van der Waals surface area contributed by atoms with Gasteiger partial charge in [-0.05, 0) is 60.7 Å². The van der Waals surface area contributed by atoms with E-state index < -0.39 is 0 Å². The summed E-state index contributed by atoms with van der Waals surface area (Å²) < 4.78 is 6.73. The maximum absolute atomic E-state index is 12.5. The van der Waals surface area contributed by atoms with Gasteiger partial charge in [-0.1, -0.05) is 6.07 Å². The number of H-pyrrole nitrogens is 1. The third-order valence-electron chi connectivity index (χ3n) is 4.46. The first-order chi connectivity index (χ1) is 13.1. The molecule has 0 radical (unpaired) electrons. The van der Waals surface area contributed by atoms with Gasteiger partial charge in [0.05, 0.1) is 15.8 Å². The van der Waals surface area contributed by atoms with Crippen LogP contribution in [0.4, 0.5) is 0 Å². The Morgan fingerprint density at radius 3 is 3.07 bits per heavy atom. The Labute approximate surface area is 159 Å². The van der Waals surface area contributed by atoms with E-state index in [1.54, 1.807) is 18.5 Å². The van der Waals surface area contributed by atoms with Gasteiger partial charge in [0.15, 0.2) is 5.78 Å². The lowest BCUT2D eigenvalue weighted by molar-refractivity contribution is 0.106. The van der Waals surface area contributed by atoms with E-state index in [-0.39, 0.29) is 11.3 Å². The highest BCUT2D eigenvalue weighted by Crippen LogP contribution is 2.25. The molecule has 6 heteroatoms. The van der Waals surface area contributed by atoms with Gasteiger partial charge >= 0.3 is 0 Å². The minimum atomic E-state index is -0.195. The Kier molecular flexibility index (Phi) is 4.73. The number of aryl methyl sites for hydroxylation is 2. The van der Waals surface area contributed by atoms with Gasteiger partial charge in [-0.3, -0.25) is 14.6 Å². The second-order valence-electron chi connectivity index (χ2n) is 6.45. The summed E-state index contributed by atoms with van der Waals surface area (Å²) in [6.07, 6.45) is 8.54. The molecular formula is C21H18N2O3S. The van der Waals surface area contributed by atoms with Crippen LogP contribution in [0.5, 0.6) is 5.75 Å². The molecule has 5 nitrogen and oxygen atoms in total. The topological polar surface area (TPSA) is 72.0 Å². The number of ketones is 1. The summed E-state index contributed by atoms with van der Waals surface area (Å²) in [6, 6.07) is 7.63. The number of benzene rings is 1. The first-order valence-electron chi connectivity index (χ1n) is 8.73. The van der Waals surface area contributed by atoms with Crippen molar-refractivity contribution in [3.05, 3.63) is 78.5 Å². The Balaban J connectivity index is 1.69. The van der Waals surface area contributed by atoms with Crippen molar-refractivity contribution in [2.45, 2.75) is 19.8 Å². The molecule has 1 N–H and O–H groups in total. The normalized spacial score (nSPS) is 14.7. The van der Waals surface area contributed by atoms with Crippen molar-refractivity contribution in [3.63, 3.8) is 0 Å². The van der Waals surface area contributed by atoms with E-state index in [2.05, 4.69) is 16.0 Å². The number of Topliss-reactive ketones (excluding diaryl/α,β-unsaturated/α-hetero) is 1. The number of aromatic nitrogens is 2. The number of hydrogen-bond acceptors (Lipinski definition) is 5. The molecule has 0 fully saturated rings. The average molecular weight is 378 g/mol. The van der Waals surface area contributed by atoms with E-state index in [9.17, 15) is 9.59 Å². The van der Waals surface area contributed by atoms with E-state index in [0.29, 0.717) is 14.8 Å². The molecule has 2 aromatic heterocycles. The lowest BCUT2D eigenvalue weighted by Gasteiger charge is -2.17. The zero-order valence-electron chi connectivity index (χ0n) is 14.8. The van der Waals surface area contributed by atoms with Crippen molar-refractivity contribution in [2.24, 2.45) is 0 Å². The second-order valence-corrected chi connectivity index (χ2v) is 7.53. The molecule has 1 aromatic carbocycles. The van der Waals surface area contributed by atoms with Crippen LogP contribution in [0, 0.1) is 6.92 Å². The van der Waals surface area contributed by atoms with Gasteiger partial charge in [0.2, 0.25) is 0 Å². The molecule has 4 rings (SSSR count). The van der Waals surface area contributed by atoms with Crippen molar-refractivity contribution in [1.29, 1.82) is 0 Å². The third kappa shape index (κ3) is 3.75. The van der Waals surface area contributed by atoms with Crippen LogP contribution in [0.1, 0.15) is 33.5 Å². The number of carbonyl (C=O) groups is 1. The molecule has 0 saturated carbocycles. The summed E-state index contributed by atoms with van der Waals surface area (Å²) in [5.41, 5.74) is 3.31. The standard InChI is InChI=1S/C21H18N2O3S/c1-13-12-22-7-6-16(13)17(24)11-20-23-21(25)19(27-20)10-14-4-5-18-15(9-14)3-2-8-26-18/h4-7,9-12H,2-3,8H2,1H3,(H,23,25)/b19-10-,20-11+. The summed E-state index contributed by atoms with van der Waals surface area (Å²) in [4.78, 5) is 31.5. The first-order valence-corrected chi connectivity index (χ1v) is 9.55. The van der Waals surface area contributed by atoms with Crippen molar-refractivity contribution in [3.8, 4) is 5.75 Å². The molecule has 0 spiro atoms. The zero-order valence-corrected chi connectivity index (χ0v) is 15.6. The highest BCUT2D eigenvalue weighted by Gasteiger charge is 2.10. The Hall–Kier alpha value is -2.99. The van der Waals surface area contributed by atoms with Gasteiger partial charge in [-0.15, -0.1) is 11.3 Å². The molecule has 1 aliphatic heterocycles. The third-order valence-corrected chi connectivity index (χ3v) is 5.42. The molecule has 0 unspecified atom stereocenters. The Bertz CT molecular complexity index is 1190. The lowest BCUT2D eigenvalue weighted by Crippen LogP contribution is -2.20. The number of pyridine rings is 1. The molecule has 136 valence electrons. The summed E-state index contributed by atoms with van der Waals surface area (Å²) in [7, 11) is 0. The number of nitrogens with one attached hydrogen (secondary N) is 1. The Morgan fingerprint density at radius 1 is 1.33 bits per heavy atom. The second kappa shape index (κ2) is 7.32. The van der Waals surface area contributed by atoms with Crippen LogP contribution >= 0.6 is 11.3 Å². The first kappa shape index (κ1) is 17.4. The average Bonchev–Trinajstić information content (AvgIpc) is 3.00. The van der Waals surface area contributed by atoms with Gasteiger partial charge in [-0.25, -0.2) is 0 Å². The minimum absolute atomic E-state index is 0.148. The van der Waals surface area contributed by atoms with Gasteiger partial charge in [-0.2, -0.15) is 0 Å². The molecular weight excluding hydrogens is 360 g/mol. The quantitative estimate of drug-likeness (QED) is 0.707. The smallest absolute Gasteiger partial charge is 0.266 e. The van der Waals surface area contributed by atoms with Crippen LogP contribution in [0.3, 0.4) is 0 Å². The molecule has 0 atom stereocenters. The molecule has 1 aliphatic rings. The number of thiazole rings is 1. The number of ether oxygens (including phenoxy) is 1. The Morgan fingerprint density at radius 2 is 2.22 bits per heavy atom. The fourth-order valence-corrected chi connectivity index (χ4v) is 3.98. The van der Waals surface area contributed by atoms with E-state index in [1.807, 2.05) is 25.1 Å². The number of rotatable bonds is 3. The fraction of sp³-hybridized carbons (Fsp3) is 0.190. The summed E-state index contributed by atoms with van der Waals surface area (Å²) >= 11 is 1.27. The van der Waals surface area contributed by atoms with Gasteiger partial charge in [0, 0.05) is 24.0 Å². The maximum atomic E-state index is 12.5. The highest BCUT2D eigenvalue weighted by atomic mass is 32.1. The lowest BCUT2D eigenvalue weighted by atomic mass is 10.0. The predicted molar refractivity (Wildman–Crippen MR) is 106 cm³/mol. The van der Waals surface area contributed by atoms with Gasteiger partial charge < -0.3 is 9.72 Å². The van der Waals surface area contributed by atoms with Crippen molar-refractivity contribution in [1.82, 2.24) is 9.97 Å². The SMILES string of the molecule is Cc1cnccc1C(=O)/C=c1\[nH]c(=O)/c(=C/c2ccc3c(c2)CCCO3)s1. The predicted octanol–water partition coefficient (Wildman–Crippen LogP) is 1.96. The molecule has 3 aromatic rings. The monoisotopic (exact) mass is 378 g/mol. The molecule has 27 heavy (non-hydrogen) atoms. The summed E-state index contributed by atoms with van der Waals surface area (Å²) in [5, 5.41) is 0. The molecule has 3 heterocycles. The number of fused-ring (bicyclic) bond motifs is 1. The molecule has 0 amide bonds. The molecule has 0 bridgehead atoms. The number of hydrogen-bond donors (Lipinski definition) is 1. The van der Waals surface area contributed by atoms with Crippen LogP contribution in [0.2, 0.25) is 0 Å². The molecule has 0 aliphatic carbocycles. The van der Waals surface area contributed by atoms with Gasteiger partial charge in [0.1, 0.15) is 5.75 Å². The van der Waals surface area contributed by atoms with E-state index >= 15 is 0 Å². The number of carbonyl (C=O) groups excluding carboxylic acids is 1. The van der Waals surface area contributed by atoms with Crippen molar-refractivity contribution >= 4 is 29.3 Å². The van der Waals surface area contributed by atoms with E-state index in [0.717, 1.165) is 41.9 Å². The zero-order chi connectivity index (χ0) is 18.8. The minimum Gasteiger partial charge on any atom is -0.493 e. The molecule has 0 saturated heterocycles. The highest BCUT2D eigenvalue weighted by molar-refractivity contribution is 7.07. The summed E-state index contributed by atoms with van der Waals surface area (Å²) in [5.74, 6) is 0.774. The van der Waals surface area contributed by atoms with Crippen LogP contribution < -0.4 is 19.5 Å². The van der Waals surface area contributed by atoms with Crippen LogP contribution in [0.15, 0.2) is 41.5 Å². The largest absolute Gasteiger partial charge is 0.493 e.